The van der Waals surface area contributed by atoms with E-state index >= 15 is 0 Å². The summed E-state index contributed by atoms with van der Waals surface area (Å²) < 4.78 is 19.2. The van der Waals surface area contributed by atoms with Gasteiger partial charge in [-0.3, -0.25) is 9.36 Å². The van der Waals surface area contributed by atoms with Crippen LogP contribution in [-0.2, 0) is 9.53 Å². The second-order valence-electron chi connectivity index (χ2n) is 8.57. The zero-order valence-electron chi connectivity index (χ0n) is 21.5. The van der Waals surface area contributed by atoms with Crippen molar-refractivity contribution in [3.05, 3.63) is 119 Å². The zero-order valence-corrected chi connectivity index (χ0v) is 23.9. The van der Waals surface area contributed by atoms with E-state index in [1.54, 1.807) is 37.9 Å². The molecule has 7 nitrogen and oxygen atoms in total. The third-order valence-corrected chi connectivity index (χ3v) is 7.88. The molecule has 0 saturated heterocycles. The van der Waals surface area contributed by atoms with Crippen LogP contribution in [0.3, 0.4) is 0 Å². The van der Waals surface area contributed by atoms with E-state index in [4.69, 9.17) is 19.2 Å². The van der Waals surface area contributed by atoms with E-state index in [0.29, 0.717) is 37.7 Å². The maximum Gasteiger partial charge on any atom is 0.338 e. The highest BCUT2D eigenvalue weighted by Crippen LogP contribution is 2.36. The highest BCUT2D eigenvalue weighted by atomic mass is 79.9. The number of benzene rings is 3. The Balaban J connectivity index is 1.82. The van der Waals surface area contributed by atoms with Gasteiger partial charge >= 0.3 is 5.97 Å². The van der Waals surface area contributed by atoms with Crippen molar-refractivity contribution < 1.29 is 19.0 Å². The van der Waals surface area contributed by atoms with Crippen molar-refractivity contribution in [2.45, 2.75) is 13.0 Å². The lowest BCUT2D eigenvalue weighted by Crippen LogP contribution is -2.40. The highest BCUT2D eigenvalue weighted by molar-refractivity contribution is 9.10. The average Bonchev–Trinajstić information content (AvgIpc) is 3.27. The Labute approximate surface area is 237 Å². The second kappa shape index (κ2) is 11.4. The number of aromatic nitrogens is 1. The van der Waals surface area contributed by atoms with Crippen LogP contribution in [0, 0.1) is 0 Å². The predicted octanol–water partition coefficient (Wildman–Crippen LogP) is 4.72. The predicted molar refractivity (Wildman–Crippen MR) is 155 cm³/mol. The summed E-state index contributed by atoms with van der Waals surface area (Å²) in [7, 11) is 3.14. The van der Waals surface area contributed by atoms with Crippen LogP contribution >= 0.6 is 27.3 Å². The third-order valence-electron chi connectivity index (χ3n) is 6.28. The maximum absolute atomic E-state index is 14.0. The van der Waals surface area contributed by atoms with E-state index in [9.17, 15) is 9.59 Å². The smallest absolute Gasteiger partial charge is 0.338 e. The fourth-order valence-electron chi connectivity index (χ4n) is 4.53. The molecule has 0 spiro atoms. The molecule has 4 aromatic rings. The number of methoxy groups -OCH3 is 2. The molecule has 0 radical (unpaired) electrons. The number of carbonyl (C=O) groups excluding carboxylic acids is 1. The van der Waals surface area contributed by atoms with E-state index in [-0.39, 0.29) is 12.2 Å². The molecule has 0 amide bonds. The molecule has 2 heterocycles. The first kappa shape index (κ1) is 26.6. The molecule has 3 aromatic carbocycles. The number of hydrogen-bond donors (Lipinski definition) is 0. The molecule has 198 valence electrons. The second-order valence-corrected chi connectivity index (χ2v) is 10.4. The van der Waals surface area contributed by atoms with Crippen LogP contribution < -0.4 is 24.4 Å². The van der Waals surface area contributed by atoms with Crippen molar-refractivity contribution in [3.63, 3.8) is 0 Å². The van der Waals surface area contributed by atoms with Crippen molar-refractivity contribution in [2.75, 3.05) is 20.8 Å². The highest BCUT2D eigenvalue weighted by Gasteiger charge is 2.35. The molecule has 0 saturated carbocycles. The van der Waals surface area contributed by atoms with Crippen LogP contribution in [0.1, 0.15) is 29.7 Å². The maximum atomic E-state index is 14.0. The lowest BCUT2D eigenvalue weighted by Gasteiger charge is -2.25. The number of thiazole rings is 1. The minimum absolute atomic E-state index is 0.197. The quantitative estimate of drug-likeness (QED) is 0.285. The molecule has 0 fully saturated rings. The Hall–Kier alpha value is -3.95. The van der Waals surface area contributed by atoms with Gasteiger partial charge < -0.3 is 14.2 Å². The van der Waals surface area contributed by atoms with Crippen LogP contribution in [-0.4, -0.2) is 31.4 Å². The van der Waals surface area contributed by atoms with E-state index in [2.05, 4.69) is 15.9 Å². The van der Waals surface area contributed by atoms with Crippen molar-refractivity contribution in [2.24, 2.45) is 4.99 Å². The van der Waals surface area contributed by atoms with Gasteiger partial charge in [0.1, 0.15) is 11.5 Å². The minimum Gasteiger partial charge on any atom is -0.496 e. The molecule has 39 heavy (non-hydrogen) atoms. The number of fused-ring (bicyclic) bond motifs is 1. The Morgan fingerprint density at radius 2 is 1.69 bits per heavy atom. The zero-order chi connectivity index (χ0) is 27.5. The normalized spacial score (nSPS) is 15.0. The number of esters is 1. The number of nitrogens with zero attached hydrogens (tertiary/aromatic N) is 2. The molecule has 1 aliphatic rings. The molecule has 0 unspecified atom stereocenters. The van der Waals surface area contributed by atoms with Crippen molar-refractivity contribution >= 4 is 45.0 Å². The van der Waals surface area contributed by atoms with Gasteiger partial charge in [-0.15, -0.1) is 0 Å². The Morgan fingerprint density at radius 3 is 2.33 bits per heavy atom. The van der Waals surface area contributed by atoms with Crippen LogP contribution in [0.25, 0.3) is 11.8 Å². The molecule has 0 aliphatic carbocycles. The summed E-state index contributed by atoms with van der Waals surface area (Å²) in [5, 5.41) is 0. The summed E-state index contributed by atoms with van der Waals surface area (Å²) in [5.41, 5.74) is 2.77. The molecule has 1 aliphatic heterocycles. The molecule has 0 bridgehead atoms. The summed E-state index contributed by atoms with van der Waals surface area (Å²) in [6.45, 7) is 1.95. The van der Waals surface area contributed by atoms with Gasteiger partial charge in [-0.25, -0.2) is 9.79 Å². The topological polar surface area (TPSA) is 79.1 Å². The van der Waals surface area contributed by atoms with Crippen LogP contribution in [0.5, 0.6) is 11.5 Å². The molecular weight excluding hydrogens is 580 g/mol. The van der Waals surface area contributed by atoms with E-state index < -0.39 is 12.0 Å². The van der Waals surface area contributed by atoms with Crippen molar-refractivity contribution in [1.82, 2.24) is 4.57 Å². The lowest BCUT2D eigenvalue weighted by atomic mass is 9.93. The van der Waals surface area contributed by atoms with Crippen molar-refractivity contribution in [1.29, 1.82) is 0 Å². The number of hydrogen-bond acceptors (Lipinski definition) is 7. The van der Waals surface area contributed by atoms with E-state index in [1.165, 1.54) is 11.3 Å². The van der Waals surface area contributed by atoms with Crippen LogP contribution in [0.2, 0.25) is 0 Å². The Kier molecular flexibility index (Phi) is 7.81. The summed E-state index contributed by atoms with van der Waals surface area (Å²) in [6.07, 6.45) is 1.77. The van der Waals surface area contributed by atoms with Gasteiger partial charge in [0.25, 0.3) is 5.56 Å². The number of rotatable bonds is 7. The van der Waals surface area contributed by atoms with Crippen LogP contribution in [0.4, 0.5) is 0 Å². The van der Waals surface area contributed by atoms with Crippen molar-refractivity contribution in [3.8, 4) is 11.5 Å². The monoisotopic (exact) mass is 604 g/mol. The van der Waals surface area contributed by atoms with Gasteiger partial charge in [0.2, 0.25) is 0 Å². The van der Waals surface area contributed by atoms with Gasteiger partial charge in [0, 0.05) is 17.2 Å². The van der Waals surface area contributed by atoms with Gasteiger partial charge in [0.15, 0.2) is 4.80 Å². The molecule has 1 atom stereocenters. The summed E-state index contributed by atoms with van der Waals surface area (Å²) in [6, 6.07) is 21.8. The van der Waals surface area contributed by atoms with E-state index in [1.807, 2.05) is 66.7 Å². The largest absolute Gasteiger partial charge is 0.496 e. The van der Waals surface area contributed by atoms with Gasteiger partial charge in [-0.2, -0.15) is 0 Å². The average molecular weight is 606 g/mol. The SMILES string of the molecule is CCOC(=O)C1=C(c2ccccc2)N=c2s/c(=C\c3cc(Br)c(OC)cc3OC)c(=O)n2[C@H]1c1ccccc1. The standard InChI is InChI=1S/C30H25BrN2O5S/c1-4-38-29(35)25-26(18-11-7-5-8-12-18)32-30-33(27(25)19-13-9-6-10-14-19)28(34)24(39-30)16-20-15-21(31)23(37-3)17-22(20)36-2/h5-17,27H,4H2,1-3H3/b24-16-/t27-/m0/s1. The molecular formula is C30H25BrN2O5S. The fraction of sp³-hybridized carbons (Fsp3) is 0.167. The lowest BCUT2D eigenvalue weighted by molar-refractivity contribution is -0.138. The third kappa shape index (κ3) is 5.07. The molecule has 5 rings (SSSR count). The Morgan fingerprint density at radius 1 is 1.03 bits per heavy atom. The summed E-state index contributed by atoms with van der Waals surface area (Å²) >= 11 is 4.77. The van der Waals surface area contributed by atoms with Crippen LogP contribution in [0.15, 0.2) is 92.6 Å². The first-order chi connectivity index (χ1) is 19.0. The van der Waals surface area contributed by atoms with Gasteiger partial charge in [-0.1, -0.05) is 72.0 Å². The fourth-order valence-corrected chi connectivity index (χ4v) is 6.04. The first-order valence-corrected chi connectivity index (χ1v) is 13.8. The summed E-state index contributed by atoms with van der Waals surface area (Å²) in [5.74, 6) is 0.655. The van der Waals surface area contributed by atoms with Gasteiger partial charge in [0.05, 0.1) is 47.1 Å². The van der Waals surface area contributed by atoms with E-state index in [0.717, 1.165) is 15.6 Å². The first-order valence-electron chi connectivity index (χ1n) is 12.2. The summed E-state index contributed by atoms with van der Waals surface area (Å²) in [4.78, 5) is 32.8. The van der Waals surface area contributed by atoms with Gasteiger partial charge in [-0.05, 0) is 40.6 Å². The molecule has 1 aromatic heterocycles. The Bertz CT molecular complexity index is 1740. The minimum atomic E-state index is -0.719. The number of ether oxygens (including phenoxy) is 3. The molecule has 9 heteroatoms. The molecule has 0 N–H and O–H groups in total. The number of carbonyl (C=O) groups is 1. The number of halogens is 1.